The highest BCUT2D eigenvalue weighted by molar-refractivity contribution is 5.60. The molecule has 118 valence electrons. The van der Waals surface area contributed by atoms with Crippen molar-refractivity contribution in [2.24, 2.45) is 5.92 Å². The van der Waals surface area contributed by atoms with Crippen LogP contribution in [0.3, 0.4) is 0 Å². The number of hydrogen-bond donors (Lipinski definition) is 1. The van der Waals surface area contributed by atoms with Gasteiger partial charge in [0, 0.05) is 24.7 Å². The van der Waals surface area contributed by atoms with Gasteiger partial charge in [-0.1, -0.05) is 34.1 Å². The highest BCUT2D eigenvalue weighted by atomic mass is 15.2. The Bertz CT molecular complexity index is 440. The van der Waals surface area contributed by atoms with Crippen molar-refractivity contribution in [2.45, 2.75) is 65.8 Å². The molecule has 0 radical (unpaired) electrons. The Morgan fingerprint density at radius 3 is 2.57 bits per heavy atom. The van der Waals surface area contributed by atoms with E-state index in [9.17, 15) is 0 Å². The lowest BCUT2D eigenvalue weighted by atomic mass is 10.1. The molecule has 4 heteroatoms. The molecule has 1 N–H and O–H groups in total. The minimum Gasteiger partial charge on any atom is -0.370 e. The fourth-order valence-electron chi connectivity index (χ4n) is 2.71. The van der Waals surface area contributed by atoms with Crippen molar-refractivity contribution >= 4 is 11.6 Å². The van der Waals surface area contributed by atoms with Crippen molar-refractivity contribution in [1.29, 1.82) is 0 Å². The molecule has 4 nitrogen and oxygen atoms in total. The molecule has 0 unspecified atom stereocenters. The first kappa shape index (κ1) is 16.1. The summed E-state index contributed by atoms with van der Waals surface area (Å²) in [5.74, 6) is 2.86. The molecular formula is C17H30N4. The van der Waals surface area contributed by atoms with E-state index >= 15 is 0 Å². The van der Waals surface area contributed by atoms with Gasteiger partial charge in [0.1, 0.15) is 18.0 Å². The Morgan fingerprint density at radius 1 is 1.24 bits per heavy atom. The number of rotatable bonds is 9. The van der Waals surface area contributed by atoms with Crippen LogP contribution in [0, 0.1) is 5.92 Å². The molecule has 0 amide bonds. The topological polar surface area (TPSA) is 41.1 Å². The Balaban J connectivity index is 2.30. The van der Waals surface area contributed by atoms with Crippen LogP contribution in [0.4, 0.5) is 11.6 Å². The van der Waals surface area contributed by atoms with Crippen LogP contribution < -0.4 is 10.2 Å². The normalized spacial score (nSPS) is 14.5. The zero-order chi connectivity index (χ0) is 15.2. The van der Waals surface area contributed by atoms with Crippen LogP contribution in [0.1, 0.15) is 58.9 Å². The molecule has 0 saturated heterocycles. The van der Waals surface area contributed by atoms with E-state index in [4.69, 9.17) is 0 Å². The first-order valence-electron chi connectivity index (χ1n) is 8.51. The van der Waals surface area contributed by atoms with Crippen molar-refractivity contribution in [3.63, 3.8) is 0 Å². The monoisotopic (exact) mass is 290 g/mol. The van der Waals surface area contributed by atoms with Gasteiger partial charge in [-0.05, 0) is 31.6 Å². The standard InChI is InChI=1S/C17H30N4/c1-5-7-15-16(18-10-6-2)19-12-20-17(15)21(11-13(3)4)14-8-9-14/h12-14H,5-11H2,1-4H3,(H,18,19,20). The maximum atomic E-state index is 4.66. The third-order valence-electron chi connectivity index (χ3n) is 3.79. The third-order valence-corrected chi connectivity index (χ3v) is 3.79. The molecular weight excluding hydrogens is 260 g/mol. The van der Waals surface area contributed by atoms with E-state index in [0.717, 1.165) is 38.2 Å². The SMILES string of the molecule is CCCNc1ncnc(N(CC(C)C)C2CC2)c1CCC. The van der Waals surface area contributed by atoms with Crippen molar-refractivity contribution in [1.82, 2.24) is 9.97 Å². The minimum atomic E-state index is 0.655. The molecule has 0 bridgehead atoms. The van der Waals surface area contributed by atoms with E-state index in [-0.39, 0.29) is 0 Å². The van der Waals surface area contributed by atoms with Gasteiger partial charge in [0.25, 0.3) is 0 Å². The van der Waals surface area contributed by atoms with Crippen LogP contribution in [-0.2, 0) is 6.42 Å². The fourth-order valence-corrected chi connectivity index (χ4v) is 2.71. The summed E-state index contributed by atoms with van der Waals surface area (Å²) in [5, 5.41) is 3.48. The third kappa shape index (κ3) is 4.32. The van der Waals surface area contributed by atoms with E-state index in [0.29, 0.717) is 12.0 Å². The molecule has 1 fully saturated rings. The van der Waals surface area contributed by atoms with Gasteiger partial charge in [-0.25, -0.2) is 9.97 Å². The van der Waals surface area contributed by atoms with Crippen LogP contribution >= 0.6 is 0 Å². The predicted molar refractivity (Wildman–Crippen MR) is 90.0 cm³/mol. The predicted octanol–water partition coefficient (Wildman–Crippen LogP) is 3.88. The fraction of sp³-hybridized carbons (Fsp3) is 0.765. The maximum Gasteiger partial charge on any atom is 0.137 e. The van der Waals surface area contributed by atoms with Crippen LogP contribution in [0.15, 0.2) is 6.33 Å². The lowest BCUT2D eigenvalue weighted by Crippen LogP contribution is -2.32. The highest BCUT2D eigenvalue weighted by Gasteiger charge is 2.32. The summed E-state index contributed by atoms with van der Waals surface area (Å²) in [7, 11) is 0. The molecule has 21 heavy (non-hydrogen) atoms. The van der Waals surface area contributed by atoms with Crippen LogP contribution in [0.2, 0.25) is 0 Å². The second-order valence-electron chi connectivity index (χ2n) is 6.48. The number of aromatic nitrogens is 2. The van der Waals surface area contributed by atoms with Gasteiger partial charge < -0.3 is 10.2 Å². The maximum absolute atomic E-state index is 4.66. The van der Waals surface area contributed by atoms with Gasteiger partial charge in [-0.3, -0.25) is 0 Å². The van der Waals surface area contributed by atoms with E-state index in [2.05, 4.69) is 47.9 Å². The molecule has 0 aromatic carbocycles. The number of anilines is 2. The summed E-state index contributed by atoms with van der Waals surface area (Å²) < 4.78 is 0. The lowest BCUT2D eigenvalue weighted by Gasteiger charge is -2.28. The molecule has 1 saturated carbocycles. The van der Waals surface area contributed by atoms with Gasteiger partial charge in [-0.2, -0.15) is 0 Å². The number of nitrogens with one attached hydrogen (secondary N) is 1. The average molecular weight is 290 g/mol. The molecule has 0 atom stereocenters. The van der Waals surface area contributed by atoms with Gasteiger partial charge in [-0.15, -0.1) is 0 Å². The van der Waals surface area contributed by atoms with Gasteiger partial charge in [0.2, 0.25) is 0 Å². The highest BCUT2D eigenvalue weighted by Crippen LogP contribution is 2.35. The lowest BCUT2D eigenvalue weighted by molar-refractivity contribution is 0.600. The zero-order valence-corrected chi connectivity index (χ0v) is 14.0. The molecule has 1 aromatic heterocycles. The first-order valence-corrected chi connectivity index (χ1v) is 8.51. The van der Waals surface area contributed by atoms with Crippen LogP contribution in [-0.4, -0.2) is 29.1 Å². The first-order chi connectivity index (χ1) is 10.2. The van der Waals surface area contributed by atoms with Gasteiger partial charge >= 0.3 is 0 Å². The summed E-state index contributed by atoms with van der Waals surface area (Å²) in [6.07, 6.45) is 7.62. The van der Waals surface area contributed by atoms with Crippen molar-refractivity contribution < 1.29 is 0 Å². The van der Waals surface area contributed by atoms with Gasteiger partial charge in [0.15, 0.2) is 0 Å². The molecule has 0 aliphatic heterocycles. The minimum absolute atomic E-state index is 0.655. The summed E-state index contributed by atoms with van der Waals surface area (Å²) in [5.41, 5.74) is 1.31. The Morgan fingerprint density at radius 2 is 2.00 bits per heavy atom. The zero-order valence-electron chi connectivity index (χ0n) is 14.0. The Kier molecular flexibility index (Phi) is 5.83. The second-order valence-corrected chi connectivity index (χ2v) is 6.48. The second kappa shape index (κ2) is 7.62. The summed E-state index contributed by atoms with van der Waals surface area (Å²) in [6.45, 7) is 11.0. The van der Waals surface area contributed by atoms with Crippen LogP contribution in [0.25, 0.3) is 0 Å². The Hall–Kier alpha value is -1.32. The number of nitrogens with zero attached hydrogens (tertiary/aromatic N) is 3. The van der Waals surface area contributed by atoms with E-state index in [1.807, 2.05) is 0 Å². The Labute approximate surface area is 129 Å². The van der Waals surface area contributed by atoms with E-state index in [1.165, 1.54) is 24.2 Å². The van der Waals surface area contributed by atoms with Crippen LogP contribution in [0.5, 0.6) is 0 Å². The molecule has 0 spiro atoms. The van der Waals surface area contributed by atoms with E-state index in [1.54, 1.807) is 6.33 Å². The molecule has 1 aromatic rings. The molecule has 2 rings (SSSR count). The van der Waals surface area contributed by atoms with Gasteiger partial charge in [0.05, 0.1) is 0 Å². The largest absolute Gasteiger partial charge is 0.370 e. The molecule has 1 heterocycles. The summed E-state index contributed by atoms with van der Waals surface area (Å²) in [4.78, 5) is 11.7. The number of hydrogen-bond acceptors (Lipinski definition) is 4. The average Bonchev–Trinajstić information content (AvgIpc) is 3.28. The smallest absolute Gasteiger partial charge is 0.137 e. The quantitative estimate of drug-likeness (QED) is 0.749. The molecule has 1 aliphatic carbocycles. The summed E-state index contributed by atoms with van der Waals surface area (Å²) >= 11 is 0. The van der Waals surface area contributed by atoms with Crippen molar-refractivity contribution in [3.8, 4) is 0 Å². The van der Waals surface area contributed by atoms with Crippen molar-refractivity contribution in [3.05, 3.63) is 11.9 Å². The molecule has 1 aliphatic rings. The summed E-state index contributed by atoms with van der Waals surface area (Å²) in [6, 6.07) is 0.692. The van der Waals surface area contributed by atoms with Crippen molar-refractivity contribution in [2.75, 3.05) is 23.3 Å². The van der Waals surface area contributed by atoms with E-state index < -0.39 is 0 Å².